The van der Waals surface area contributed by atoms with E-state index >= 15 is 0 Å². The number of benzene rings is 1. The van der Waals surface area contributed by atoms with Gasteiger partial charge in [-0.05, 0) is 30.9 Å². The Kier molecular flexibility index (Phi) is 1.80. The van der Waals surface area contributed by atoms with Crippen molar-refractivity contribution in [3.05, 3.63) is 29.3 Å². The Hall–Kier alpha value is -0.980. The van der Waals surface area contributed by atoms with Crippen molar-refractivity contribution < 1.29 is 0 Å². The number of hydrogen-bond donors (Lipinski definition) is 1. The fourth-order valence-electron chi connectivity index (χ4n) is 1.83. The molecule has 1 aromatic rings. The predicted octanol–water partition coefficient (Wildman–Crippen LogP) is 2.91. The predicted molar refractivity (Wildman–Crippen MR) is 52.7 cm³/mol. The average molecular weight is 161 g/mol. The molecule has 1 aromatic carbocycles. The summed E-state index contributed by atoms with van der Waals surface area (Å²) in [6.07, 6.45) is 1.26. The summed E-state index contributed by atoms with van der Waals surface area (Å²) in [6.45, 7) is 5.58. The second-order valence-corrected chi connectivity index (χ2v) is 3.71. The zero-order valence-corrected chi connectivity index (χ0v) is 7.72. The van der Waals surface area contributed by atoms with Crippen molar-refractivity contribution in [1.82, 2.24) is 0 Å². The number of fused-ring (bicyclic) bond motifs is 1. The van der Waals surface area contributed by atoms with Crippen molar-refractivity contribution in [1.29, 1.82) is 0 Å². The molecule has 0 aliphatic carbocycles. The van der Waals surface area contributed by atoms with Gasteiger partial charge in [-0.25, -0.2) is 0 Å². The minimum absolute atomic E-state index is 0.723. The maximum atomic E-state index is 3.42. The van der Waals surface area contributed by atoms with Gasteiger partial charge in [0.2, 0.25) is 0 Å². The van der Waals surface area contributed by atoms with E-state index in [-0.39, 0.29) is 0 Å². The molecule has 0 fully saturated rings. The first-order chi connectivity index (χ1) is 5.77. The topological polar surface area (TPSA) is 12.0 Å². The molecule has 64 valence electrons. The molecule has 0 amide bonds. The second kappa shape index (κ2) is 2.81. The van der Waals surface area contributed by atoms with Gasteiger partial charge in [-0.2, -0.15) is 0 Å². The van der Waals surface area contributed by atoms with Gasteiger partial charge < -0.3 is 5.32 Å². The largest absolute Gasteiger partial charge is 0.385 e. The lowest BCUT2D eigenvalue weighted by molar-refractivity contribution is 0.683. The third kappa shape index (κ3) is 1.20. The molecule has 2 rings (SSSR count). The fourth-order valence-corrected chi connectivity index (χ4v) is 1.83. The van der Waals surface area contributed by atoms with Crippen LogP contribution in [-0.2, 0) is 0 Å². The van der Waals surface area contributed by atoms with Gasteiger partial charge in [-0.1, -0.05) is 24.6 Å². The molecular weight excluding hydrogens is 146 g/mol. The Morgan fingerprint density at radius 2 is 2.25 bits per heavy atom. The molecule has 1 heteroatoms. The van der Waals surface area contributed by atoms with Crippen molar-refractivity contribution >= 4 is 5.69 Å². The Labute approximate surface area is 73.8 Å². The Bertz CT molecular complexity index is 291. The number of anilines is 1. The molecule has 1 atom stereocenters. The molecule has 0 radical (unpaired) electrons. The average Bonchev–Trinajstić information content (AvgIpc) is 2.07. The molecule has 0 unspecified atom stereocenters. The number of nitrogens with one attached hydrogen (secondary N) is 1. The fraction of sp³-hybridized carbons (Fsp3) is 0.455. The number of rotatable bonds is 0. The van der Waals surface area contributed by atoms with Crippen molar-refractivity contribution in [3.63, 3.8) is 0 Å². The van der Waals surface area contributed by atoms with E-state index in [1.165, 1.54) is 23.2 Å². The SMILES string of the molecule is Cc1ccc2c(c1)[C@H](C)CCN2. The molecular formula is C11H15N. The van der Waals surface area contributed by atoms with Crippen LogP contribution >= 0.6 is 0 Å². The summed E-state index contributed by atoms with van der Waals surface area (Å²) in [7, 11) is 0. The summed E-state index contributed by atoms with van der Waals surface area (Å²) in [6, 6.07) is 6.66. The van der Waals surface area contributed by atoms with E-state index in [1.807, 2.05) is 0 Å². The first-order valence-corrected chi connectivity index (χ1v) is 4.62. The van der Waals surface area contributed by atoms with Crippen LogP contribution in [0.25, 0.3) is 0 Å². The van der Waals surface area contributed by atoms with Crippen LogP contribution in [-0.4, -0.2) is 6.54 Å². The van der Waals surface area contributed by atoms with Gasteiger partial charge in [0.25, 0.3) is 0 Å². The molecule has 0 bridgehead atoms. The third-order valence-corrected chi connectivity index (χ3v) is 2.63. The molecule has 1 aliphatic rings. The highest BCUT2D eigenvalue weighted by molar-refractivity contribution is 5.55. The van der Waals surface area contributed by atoms with E-state index in [0.29, 0.717) is 0 Å². The van der Waals surface area contributed by atoms with E-state index in [4.69, 9.17) is 0 Å². The summed E-state index contributed by atoms with van der Waals surface area (Å²) < 4.78 is 0. The lowest BCUT2D eigenvalue weighted by atomic mass is 9.92. The molecule has 1 heterocycles. The minimum atomic E-state index is 0.723. The molecule has 1 N–H and O–H groups in total. The summed E-state index contributed by atoms with van der Waals surface area (Å²) >= 11 is 0. The summed E-state index contributed by atoms with van der Waals surface area (Å²) in [4.78, 5) is 0. The van der Waals surface area contributed by atoms with Gasteiger partial charge >= 0.3 is 0 Å². The van der Waals surface area contributed by atoms with Crippen LogP contribution < -0.4 is 5.32 Å². The van der Waals surface area contributed by atoms with Gasteiger partial charge in [0.15, 0.2) is 0 Å². The molecule has 1 aliphatic heterocycles. The van der Waals surface area contributed by atoms with Gasteiger partial charge in [0, 0.05) is 12.2 Å². The van der Waals surface area contributed by atoms with Crippen LogP contribution in [0, 0.1) is 6.92 Å². The lowest BCUT2D eigenvalue weighted by Crippen LogP contribution is -2.14. The zero-order chi connectivity index (χ0) is 8.55. The zero-order valence-electron chi connectivity index (χ0n) is 7.72. The molecule has 0 saturated carbocycles. The highest BCUT2D eigenvalue weighted by atomic mass is 14.9. The van der Waals surface area contributed by atoms with Gasteiger partial charge in [0.05, 0.1) is 0 Å². The van der Waals surface area contributed by atoms with E-state index in [2.05, 4.69) is 37.4 Å². The maximum Gasteiger partial charge on any atom is 0.0375 e. The monoisotopic (exact) mass is 161 g/mol. The summed E-state index contributed by atoms with van der Waals surface area (Å²) in [5.41, 5.74) is 4.19. The van der Waals surface area contributed by atoms with Crippen LogP contribution in [0.4, 0.5) is 5.69 Å². The van der Waals surface area contributed by atoms with Crippen LogP contribution in [0.3, 0.4) is 0 Å². The molecule has 1 nitrogen and oxygen atoms in total. The summed E-state index contributed by atoms with van der Waals surface area (Å²) in [5, 5.41) is 3.42. The second-order valence-electron chi connectivity index (χ2n) is 3.71. The molecule has 0 saturated heterocycles. The van der Waals surface area contributed by atoms with Crippen molar-refractivity contribution in [2.24, 2.45) is 0 Å². The molecule has 12 heavy (non-hydrogen) atoms. The quantitative estimate of drug-likeness (QED) is 0.617. The maximum absolute atomic E-state index is 3.42. The first kappa shape index (κ1) is 7.66. The van der Waals surface area contributed by atoms with Gasteiger partial charge in [-0.3, -0.25) is 0 Å². The highest BCUT2D eigenvalue weighted by Gasteiger charge is 2.14. The van der Waals surface area contributed by atoms with Crippen LogP contribution in [0.15, 0.2) is 18.2 Å². The third-order valence-electron chi connectivity index (χ3n) is 2.63. The van der Waals surface area contributed by atoms with E-state index < -0.39 is 0 Å². The lowest BCUT2D eigenvalue weighted by Gasteiger charge is -2.24. The number of aryl methyl sites for hydroxylation is 1. The normalized spacial score (nSPS) is 21.3. The Balaban J connectivity index is 2.47. The summed E-state index contributed by atoms with van der Waals surface area (Å²) in [5.74, 6) is 0.723. The van der Waals surface area contributed by atoms with E-state index in [9.17, 15) is 0 Å². The molecule has 0 spiro atoms. The highest BCUT2D eigenvalue weighted by Crippen LogP contribution is 2.31. The first-order valence-electron chi connectivity index (χ1n) is 4.62. The standard InChI is InChI=1S/C11H15N/c1-8-3-4-11-10(7-8)9(2)5-6-12-11/h3-4,7,9,12H,5-6H2,1-2H3/t9-/m1/s1. The van der Waals surface area contributed by atoms with Gasteiger partial charge in [0.1, 0.15) is 0 Å². The smallest absolute Gasteiger partial charge is 0.0375 e. The number of hydrogen-bond acceptors (Lipinski definition) is 1. The van der Waals surface area contributed by atoms with E-state index in [0.717, 1.165) is 12.5 Å². The van der Waals surface area contributed by atoms with Gasteiger partial charge in [-0.15, -0.1) is 0 Å². The van der Waals surface area contributed by atoms with Crippen LogP contribution in [0.5, 0.6) is 0 Å². The Morgan fingerprint density at radius 3 is 3.08 bits per heavy atom. The van der Waals surface area contributed by atoms with Crippen LogP contribution in [0.2, 0.25) is 0 Å². The molecule has 0 aromatic heterocycles. The Morgan fingerprint density at radius 1 is 1.42 bits per heavy atom. The van der Waals surface area contributed by atoms with Crippen molar-refractivity contribution in [2.75, 3.05) is 11.9 Å². The van der Waals surface area contributed by atoms with Crippen molar-refractivity contribution in [2.45, 2.75) is 26.2 Å². The van der Waals surface area contributed by atoms with Crippen LogP contribution in [0.1, 0.15) is 30.4 Å². The minimum Gasteiger partial charge on any atom is -0.385 e. The van der Waals surface area contributed by atoms with Crippen molar-refractivity contribution in [3.8, 4) is 0 Å². The van der Waals surface area contributed by atoms with E-state index in [1.54, 1.807) is 0 Å².